The maximum atomic E-state index is 5.55. The van der Waals surface area contributed by atoms with Crippen LogP contribution >= 0.6 is 11.5 Å². The second-order valence-electron chi connectivity index (χ2n) is 3.96. The Hall–Kier alpha value is -1.38. The van der Waals surface area contributed by atoms with Crippen molar-refractivity contribution < 1.29 is 0 Å². The van der Waals surface area contributed by atoms with Gasteiger partial charge in [0.25, 0.3) is 0 Å². The van der Waals surface area contributed by atoms with Crippen molar-refractivity contribution in [3.05, 3.63) is 23.2 Å². The number of rotatable bonds is 5. The van der Waals surface area contributed by atoms with Crippen molar-refractivity contribution in [2.75, 3.05) is 0 Å². The molecule has 0 amide bonds. The van der Waals surface area contributed by atoms with Crippen molar-refractivity contribution in [1.82, 2.24) is 29.8 Å². The van der Waals surface area contributed by atoms with E-state index in [4.69, 9.17) is 5.84 Å². The lowest BCUT2D eigenvalue weighted by Crippen LogP contribution is -2.30. The van der Waals surface area contributed by atoms with Gasteiger partial charge in [-0.3, -0.25) is 11.3 Å². The molecule has 0 saturated carbocycles. The zero-order valence-corrected chi connectivity index (χ0v) is 10.6. The monoisotopic (exact) mass is 253 g/mol. The van der Waals surface area contributed by atoms with E-state index in [0.717, 1.165) is 10.7 Å². The second-order valence-corrected chi connectivity index (χ2v) is 4.78. The third-order valence-corrected chi connectivity index (χ3v) is 3.22. The zero-order chi connectivity index (χ0) is 12.3. The van der Waals surface area contributed by atoms with Gasteiger partial charge in [0, 0.05) is 12.5 Å². The van der Waals surface area contributed by atoms with Gasteiger partial charge < -0.3 is 0 Å². The Morgan fingerprint density at radius 1 is 1.53 bits per heavy atom. The van der Waals surface area contributed by atoms with E-state index in [9.17, 15) is 0 Å². The van der Waals surface area contributed by atoms with Crippen LogP contribution in [0.25, 0.3) is 0 Å². The Balaban J connectivity index is 2.16. The largest absolute Gasteiger partial charge is 0.271 e. The van der Waals surface area contributed by atoms with Crippen molar-refractivity contribution in [3.63, 3.8) is 0 Å². The molecule has 0 aromatic carbocycles. The van der Waals surface area contributed by atoms with E-state index >= 15 is 0 Å². The number of nitrogens with one attached hydrogen (secondary N) is 1. The van der Waals surface area contributed by atoms with Crippen LogP contribution in [0.2, 0.25) is 0 Å². The summed E-state index contributed by atoms with van der Waals surface area (Å²) < 4.78 is 5.72. The summed E-state index contributed by atoms with van der Waals surface area (Å²) in [5.41, 5.74) is 2.76. The summed E-state index contributed by atoms with van der Waals surface area (Å²) in [5, 5.41) is 8.00. The van der Waals surface area contributed by atoms with Gasteiger partial charge in [-0.1, -0.05) is 4.49 Å². The summed E-state index contributed by atoms with van der Waals surface area (Å²) in [7, 11) is 0. The van der Waals surface area contributed by atoms with Gasteiger partial charge >= 0.3 is 0 Å². The minimum atomic E-state index is -0.0308. The number of nitrogens with two attached hydrogens (primary N) is 1. The molecule has 2 aromatic heterocycles. The maximum absolute atomic E-state index is 5.55. The third-order valence-electron chi connectivity index (χ3n) is 2.45. The van der Waals surface area contributed by atoms with E-state index in [-0.39, 0.29) is 12.1 Å². The molecule has 0 aliphatic rings. The molecular formula is C9H15N7S. The number of hydrazine groups is 1. The number of nitrogens with zero attached hydrogens (tertiary/aromatic N) is 5. The maximum Gasteiger partial charge on any atom is 0.138 e. The van der Waals surface area contributed by atoms with Crippen molar-refractivity contribution in [1.29, 1.82) is 0 Å². The van der Waals surface area contributed by atoms with Crippen LogP contribution in [0.3, 0.4) is 0 Å². The van der Waals surface area contributed by atoms with Crippen LogP contribution in [0.1, 0.15) is 36.6 Å². The highest BCUT2D eigenvalue weighted by Crippen LogP contribution is 2.19. The number of hydrogen-bond acceptors (Lipinski definition) is 7. The lowest BCUT2D eigenvalue weighted by molar-refractivity contribution is 0.471. The van der Waals surface area contributed by atoms with Crippen LogP contribution in [-0.2, 0) is 6.42 Å². The second kappa shape index (κ2) is 5.30. The first-order chi connectivity index (χ1) is 8.22. The molecule has 2 aromatic rings. The van der Waals surface area contributed by atoms with Crippen LogP contribution < -0.4 is 11.3 Å². The molecular weight excluding hydrogens is 238 g/mol. The SMILES string of the molecule is CC(C)n1ncnc1CC(NN)c1cnns1. The molecule has 0 radical (unpaired) electrons. The molecule has 0 aliphatic carbocycles. The van der Waals surface area contributed by atoms with Gasteiger partial charge in [-0.2, -0.15) is 5.10 Å². The van der Waals surface area contributed by atoms with Crippen molar-refractivity contribution >= 4 is 11.5 Å². The summed E-state index contributed by atoms with van der Waals surface area (Å²) >= 11 is 1.33. The minimum Gasteiger partial charge on any atom is -0.271 e. The molecule has 0 spiro atoms. The molecule has 0 bridgehead atoms. The Morgan fingerprint density at radius 3 is 2.94 bits per heavy atom. The van der Waals surface area contributed by atoms with Gasteiger partial charge in [0.2, 0.25) is 0 Å². The van der Waals surface area contributed by atoms with E-state index in [1.807, 2.05) is 4.68 Å². The van der Waals surface area contributed by atoms with Gasteiger partial charge in [0.1, 0.15) is 12.2 Å². The van der Waals surface area contributed by atoms with Crippen LogP contribution in [-0.4, -0.2) is 24.4 Å². The smallest absolute Gasteiger partial charge is 0.138 e. The summed E-state index contributed by atoms with van der Waals surface area (Å²) in [6.45, 7) is 4.13. The Bertz CT molecular complexity index is 450. The molecule has 0 aliphatic heterocycles. The molecule has 3 N–H and O–H groups in total. The van der Waals surface area contributed by atoms with Crippen molar-refractivity contribution in [2.45, 2.75) is 32.4 Å². The Kier molecular flexibility index (Phi) is 3.77. The Morgan fingerprint density at radius 2 is 2.35 bits per heavy atom. The molecule has 92 valence electrons. The van der Waals surface area contributed by atoms with E-state index < -0.39 is 0 Å². The van der Waals surface area contributed by atoms with Gasteiger partial charge in [0.15, 0.2) is 0 Å². The standard InChI is InChI=1S/C9H15N7S/c1-6(2)16-9(11-5-13-16)3-7(14-10)8-4-12-15-17-8/h4-7,14H,3,10H2,1-2H3. The predicted octanol–water partition coefficient (Wildman–Crippen LogP) is 0.458. The lowest BCUT2D eigenvalue weighted by atomic mass is 10.2. The van der Waals surface area contributed by atoms with Crippen LogP contribution in [0.4, 0.5) is 0 Å². The molecule has 2 rings (SSSR count). The lowest BCUT2D eigenvalue weighted by Gasteiger charge is -2.14. The van der Waals surface area contributed by atoms with Crippen LogP contribution in [0.5, 0.6) is 0 Å². The molecule has 7 nitrogen and oxygen atoms in total. The van der Waals surface area contributed by atoms with Gasteiger partial charge in [-0.25, -0.2) is 9.67 Å². The average Bonchev–Trinajstić information content (AvgIpc) is 2.96. The highest BCUT2D eigenvalue weighted by atomic mass is 32.1. The summed E-state index contributed by atoms with van der Waals surface area (Å²) in [6.07, 6.45) is 3.94. The first-order valence-corrected chi connectivity index (χ1v) is 6.11. The zero-order valence-electron chi connectivity index (χ0n) is 9.74. The van der Waals surface area contributed by atoms with Crippen LogP contribution in [0, 0.1) is 0 Å². The topological polar surface area (TPSA) is 94.5 Å². The van der Waals surface area contributed by atoms with Crippen molar-refractivity contribution in [3.8, 4) is 0 Å². The van der Waals surface area contributed by atoms with Crippen molar-refractivity contribution in [2.24, 2.45) is 5.84 Å². The number of aromatic nitrogens is 5. The fraction of sp³-hybridized carbons (Fsp3) is 0.556. The molecule has 0 saturated heterocycles. The molecule has 1 unspecified atom stereocenters. The van der Waals surface area contributed by atoms with Crippen LogP contribution in [0.15, 0.2) is 12.5 Å². The van der Waals surface area contributed by atoms with Gasteiger partial charge in [0.05, 0.1) is 17.1 Å². The summed E-state index contributed by atoms with van der Waals surface area (Å²) in [5.74, 6) is 6.45. The summed E-state index contributed by atoms with van der Waals surface area (Å²) in [6, 6.07) is 0.252. The molecule has 8 heteroatoms. The molecule has 17 heavy (non-hydrogen) atoms. The third kappa shape index (κ3) is 2.65. The van der Waals surface area contributed by atoms with E-state index in [1.165, 1.54) is 11.5 Å². The van der Waals surface area contributed by atoms with E-state index in [0.29, 0.717) is 6.42 Å². The minimum absolute atomic E-state index is 0.0308. The first-order valence-electron chi connectivity index (χ1n) is 5.34. The average molecular weight is 253 g/mol. The first kappa shape index (κ1) is 12.1. The fourth-order valence-corrected chi connectivity index (χ4v) is 2.17. The number of hydrogen-bond donors (Lipinski definition) is 2. The normalized spacial score (nSPS) is 13.2. The molecule has 2 heterocycles. The fourth-order valence-electron chi connectivity index (χ4n) is 1.60. The van der Waals surface area contributed by atoms with E-state index in [1.54, 1.807) is 12.5 Å². The molecule has 1 atom stereocenters. The highest BCUT2D eigenvalue weighted by molar-refractivity contribution is 7.05. The molecule has 0 fully saturated rings. The highest BCUT2D eigenvalue weighted by Gasteiger charge is 2.17. The van der Waals surface area contributed by atoms with Gasteiger partial charge in [-0.15, -0.1) is 5.10 Å². The van der Waals surface area contributed by atoms with Gasteiger partial charge in [-0.05, 0) is 25.4 Å². The Labute approximate surface area is 103 Å². The summed E-state index contributed by atoms with van der Waals surface area (Å²) in [4.78, 5) is 5.25. The van der Waals surface area contributed by atoms with E-state index in [2.05, 4.69) is 38.9 Å². The predicted molar refractivity (Wildman–Crippen MR) is 64.1 cm³/mol. The quantitative estimate of drug-likeness (QED) is 0.593.